The van der Waals surface area contributed by atoms with Crippen molar-refractivity contribution in [3.63, 3.8) is 0 Å². The van der Waals surface area contributed by atoms with E-state index in [4.69, 9.17) is 5.73 Å². The van der Waals surface area contributed by atoms with Gasteiger partial charge in [0, 0.05) is 6.42 Å². The van der Waals surface area contributed by atoms with Gasteiger partial charge in [0.1, 0.15) is 18.1 Å². The van der Waals surface area contributed by atoms with E-state index in [1.165, 1.54) is 0 Å². The van der Waals surface area contributed by atoms with E-state index in [-0.39, 0.29) is 12.3 Å². The standard InChI is InChI=1S/C23H34N4O7/c1-12(2)18(24)22(32)26-15(10-14-8-6-5-7-9-14)20(30)25-16(11-17(28)29)21(31)27-19(13(3)4)23(33)34/h5-9,12-13,15-16,18-19H,10-11,24H2,1-4H3,(H,25,30)(H,26,32)(H,27,31)(H,28,29)(H,33,34). The number of aliphatic carboxylic acids is 2. The largest absolute Gasteiger partial charge is 0.481 e. The second kappa shape index (κ2) is 13.3. The lowest BCUT2D eigenvalue weighted by atomic mass is 10.0. The van der Waals surface area contributed by atoms with Crippen LogP contribution >= 0.6 is 0 Å². The molecule has 0 radical (unpaired) electrons. The number of nitrogens with two attached hydrogens (primary N) is 1. The Bertz CT molecular complexity index is 873. The maximum Gasteiger partial charge on any atom is 0.326 e. The van der Waals surface area contributed by atoms with Crippen LogP contribution in [0.2, 0.25) is 0 Å². The molecule has 11 heteroatoms. The fraction of sp³-hybridized carbons (Fsp3) is 0.522. The third kappa shape index (κ3) is 9.18. The molecular weight excluding hydrogens is 444 g/mol. The van der Waals surface area contributed by atoms with Crippen molar-refractivity contribution in [3.05, 3.63) is 35.9 Å². The maximum absolute atomic E-state index is 13.1. The lowest BCUT2D eigenvalue weighted by Gasteiger charge is -2.26. The Morgan fingerprint density at radius 2 is 1.32 bits per heavy atom. The van der Waals surface area contributed by atoms with Gasteiger partial charge >= 0.3 is 11.9 Å². The van der Waals surface area contributed by atoms with Crippen LogP contribution in [0.4, 0.5) is 0 Å². The molecule has 1 rings (SSSR count). The van der Waals surface area contributed by atoms with E-state index in [2.05, 4.69) is 16.0 Å². The van der Waals surface area contributed by atoms with E-state index in [9.17, 15) is 34.2 Å². The van der Waals surface area contributed by atoms with E-state index in [0.717, 1.165) is 0 Å². The molecule has 0 bridgehead atoms. The summed E-state index contributed by atoms with van der Waals surface area (Å²) in [6.45, 7) is 6.65. The molecule has 4 atom stereocenters. The number of benzene rings is 1. The molecule has 4 unspecified atom stereocenters. The molecule has 0 saturated heterocycles. The molecule has 0 fully saturated rings. The summed E-state index contributed by atoms with van der Waals surface area (Å²) in [6, 6.07) is 3.92. The number of hydrogen-bond donors (Lipinski definition) is 6. The molecule has 3 amide bonds. The quantitative estimate of drug-likeness (QED) is 0.226. The Labute approximate surface area is 198 Å². The van der Waals surface area contributed by atoms with Crippen LogP contribution in [-0.2, 0) is 30.4 Å². The number of hydrogen-bond acceptors (Lipinski definition) is 6. The first-order valence-corrected chi connectivity index (χ1v) is 11.0. The second-order valence-electron chi connectivity index (χ2n) is 8.75. The zero-order valence-corrected chi connectivity index (χ0v) is 19.8. The third-order valence-corrected chi connectivity index (χ3v) is 5.18. The molecule has 0 saturated carbocycles. The van der Waals surface area contributed by atoms with E-state index in [1.54, 1.807) is 58.0 Å². The van der Waals surface area contributed by atoms with Gasteiger partial charge in [0.05, 0.1) is 12.5 Å². The van der Waals surface area contributed by atoms with Crippen molar-refractivity contribution in [2.45, 2.75) is 64.7 Å². The Morgan fingerprint density at radius 3 is 1.79 bits per heavy atom. The number of amides is 3. The van der Waals surface area contributed by atoms with Crippen LogP contribution in [0.1, 0.15) is 39.7 Å². The van der Waals surface area contributed by atoms with Crippen molar-refractivity contribution in [2.24, 2.45) is 17.6 Å². The minimum absolute atomic E-state index is 0.0639. The second-order valence-corrected chi connectivity index (χ2v) is 8.75. The average molecular weight is 479 g/mol. The Kier molecular flexibility index (Phi) is 11.2. The van der Waals surface area contributed by atoms with Gasteiger partial charge in [-0.1, -0.05) is 58.0 Å². The topological polar surface area (TPSA) is 188 Å². The molecular formula is C23H34N4O7. The van der Waals surface area contributed by atoms with Gasteiger partial charge in [0.25, 0.3) is 0 Å². The van der Waals surface area contributed by atoms with Gasteiger partial charge in [-0.05, 0) is 17.4 Å². The van der Waals surface area contributed by atoms with E-state index < -0.39 is 66.2 Å². The van der Waals surface area contributed by atoms with Crippen LogP contribution in [0.5, 0.6) is 0 Å². The predicted octanol–water partition coefficient (Wildman–Crippen LogP) is -0.118. The molecule has 1 aromatic rings. The third-order valence-electron chi connectivity index (χ3n) is 5.18. The number of rotatable bonds is 13. The minimum atomic E-state index is -1.56. The Hall–Kier alpha value is -3.47. The zero-order valence-electron chi connectivity index (χ0n) is 19.8. The summed E-state index contributed by atoms with van der Waals surface area (Å²) in [6.07, 6.45) is -0.714. The summed E-state index contributed by atoms with van der Waals surface area (Å²) in [7, 11) is 0. The molecule has 1 aromatic carbocycles. The highest BCUT2D eigenvalue weighted by Gasteiger charge is 2.32. The molecule has 7 N–H and O–H groups in total. The smallest absolute Gasteiger partial charge is 0.326 e. The highest BCUT2D eigenvalue weighted by atomic mass is 16.4. The van der Waals surface area contributed by atoms with Crippen LogP contribution < -0.4 is 21.7 Å². The summed E-state index contributed by atoms with van der Waals surface area (Å²) in [5.41, 5.74) is 6.60. The van der Waals surface area contributed by atoms with Gasteiger partial charge in [0.15, 0.2) is 0 Å². The van der Waals surface area contributed by atoms with Crippen LogP contribution in [-0.4, -0.2) is 64.0 Å². The number of nitrogens with one attached hydrogen (secondary N) is 3. The minimum Gasteiger partial charge on any atom is -0.481 e. The Morgan fingerprint density at radius 1 is 0.794 bits per heavy atom. The fourth-order valence-electron chi connectivity index (χ4n) is 3.05. The van der Waals surface area contributed by atoms with Crippen molar-refractivity contribution in [1.29, 1.82) is 0 Å². The van der Waals surface area contributed by atoms with Crippen LogP contribution in [0.25, 0.3) is 0 Å². The Balaban J connectivity index is 3.12. The van der Waals surface area contributed by atoms with E-state index in [1.807, 2.05) is 0 Å². The molecule has 0 aliphatic carbocycles. The van der Waals surface area contributed by atoms with Crippen molar-refractivity contribution in [2.75, 3.05) is 0 Å². The zero-order chi connectivity index (χ0) is 26.0. The van der Waals surface area contributed by atoms with Crippen molar-refractivity contribution in [3.8, 4) is 0 Å². The molecule has 11 nitrogen and oxygen atoms in total. The summed E-state index contributed by atoms with van der Waals surface area (Å²) < 4.78 is 0. The average Bonchev–Trinajstić information content (AvgIpc) is 2.75. The van der Waals surface area contributed by atoms with Crippen LogP contribution in [0, 0.1) is 11.8 Å². The summed E-state index contributed by atoms with van der Waals surface area (Å²) in [4.78, 5) is 61.0. The summed E-state index contributed by atoms with van der Waals surface area (Å²) in [5, 5.41) is 25.7. The molecule has 0 aromatic heterocycles. The summed E-state index contributed by atoms with van der Waals surface area (Å²) in [5.74, 6) is -5.68. The van der Waals surface area contributed by atoms with E-state index in [0.29, 0.717) is 5.56 Å². The van der Waals surface area contributed by atoms with Gasteiger partial charge in [-0.15, -0.1) is 0 Å². The molecule has 0 heterocycles. The first-order valence-electron chi connectivity index (χ1n) is 11.0. The number of carbonyl (C=O) groups is 5. The monoisotopic (exact) mass is 478 g/mol. The van der Waals surface area contributed by atoms with Gasteiger partial charge in [-0.3, -0.25) is 19.2 Å². The van der Waals surface area contributed by atoms with Gasteiger partial charge in [-0.2, -0.15) is 0 Å². The SMILES string of the molecule is CC(C)C(N)C(=O)NC(Cc1ccccc1)C(=O)NC(CC(=O)O)C(=O)NC(C(=O)O)C(C)C. The highest BCUT2D eigenvalue weighted by molar-refractivity contribution is 5.95. The number of carbonyl (C=O) groups excluding carboxylic acids is 3. The molecule has 0 aliphatic rings. The molecule has 0 aliphatic heterocycles. The molecule has 34 heavy (non-hydrogen) atoms. The van der Waals surface area contributed by atoms with Crippen LogP contribution in [0.15, 0.2) is 30.3 Å². The lowest BCUT2D eigenvalue weighted by Crippen LogP contribution is -2.58. The predicted molar refractivity (Wildman–Crippen MR) is 123 cm³/mol. The first-order chi connectivity index (χ1) is 15.8. The molecule has 188 valence electrons. The lowest BCUT2D eigenvalue weighted by molar-refractivity contribution is -0.144. The fourth-order valence-corrected chi connectivity index (χ4v) is 3.05. The first kappa shape index (κ1) is 28.6. The van der Waals surface area contributed by atoms with Crippen LogP contribution in [0.3, 0.4) is 0 Å². The van der Waals surface area contributed by atoms with Crippen molar-refractivity contribution in [1.82, 2.24) is 16.0 Å². The van der Waals surface area contributed by atoms with E-state index >= 15 is 0 Å². The van der Waals surface area contributed by atoms with Gasteiger partial charge < -0.3 is 31.9 Å². The van der Waals surface area contributed by atoms with Crippen molar-refractivity contribution >= 4 is 29.7 Å². The normalized spacial score (nSPS) is 14.6. The summed E-state index contributed by atoms with van der Waals surface area (Å²) >= 11 is 0. The molecule has 0 spiro atoms. The van der Waals surface area contributed by atoms with Crippen molar-refractivity contribution < 1.29 is 34.2 Å². The maximum atomic E-state index is 13.1. The number of carboxylic acids is 2. The highest BCUT2D eigenvalue weighted by Crippen LogP contribution is 2.08. The number of carboxylic acid groups (broad SMARTS) is 2. The van der Waals surface area contributed by atoms with Gasteiger partial charge in [-0.25, -0.2) is 4.79 Å². The van der Waals surface area contributed by atoms with Gasteiger partial charge in [0.2, 0.25) is 17.7 Å².